The number of aliphatic hydroxyl groups is 1. The van der Waals surface area contributed by atoms with E-state index in [1.165, 1.54) is 37.0 Å². The highest BCUT2D eigenvalue weighted by Gasteiger charge is 2.48. The average molecular weight is 290 g/mol. The Morgan fingerprint density at radius 3 is 2.71 bits per heavy atom. The van der Waals surface area contributed by atoms with Crippen molar-refractivity contribution in [3.63, 3.8) is 0 Å². The largest absolute Gasteiger partial charge is 0.370 e. The average Bonchev–Trinajstić information content (AvgIpc) is 2.84. The van der Waals surface area contributed by atoms with Crippen LogP contribution in [0, 0.1) is 11.7 Å². The topological polar surface area (TPSA) is 80.0 Å². The van der Waals surface area contributed by atoms with Crippen molar-refractivity contribution in [2.75, 3.05) is 5.32 Å². The smallest absolute Gasteiger partial charge is 0.223 e. The molecule has 1 aromatic heterocycles. The summed E-state index contributed by atoms with van der Waals surface area (Å²) in [4.78, 5) is 16.1. The highest BCUT2D eigenvalue weighted by molar-refractivity contribution is 5.81. The lowest BCUT2D eigenvalue weighted by molar-refractivity contribution is -0.130. The molecular formula is C14H15FN4O2. The Morgan fingerprint density at radius 1 is 1.43 bits per heavy atom. The van der Waals surface area contributed by atoms with Crippen LogP contribution in [0.3, 0.4) is 0 Å². The zero-order valence-corrected chi connectivity index (χ0v) is 11.6. The van der Waals surface area contributed by atoms with E-state index < -0.39 is 17.7 Å². The van der Waals surface area contributed by atoms with Crippen LogP contribution in [-0.2, 0) is 4.79 Å². The highest BCUT2D eigenvalue weighted by Crippen LogP contribution is 2.40. The summed E-state index contributed by atoms with van der Waals surface area (Å²) >= 11 is 0. The summed E-state index contributed by atoms with van der Waals surface area (Å²) in [6.07, 6.45) is 1.34. The van der Waals surface area contributed by atoms with Gasteiger partial charge in [-0.1, -0.05) is 12.1 Å². The Hall–Kier alpha value is -2.28. The normalized spacial score (nSPS) is 27.8. The first kappa shape index (κ1) is 13.7. The first-order chi connectivity index (χ1) is 9.90. The van der Waals surface area contributed by atoms with E-state index in [9.17, 15) is 14.3 Å². The SMILES string of the molecule is CC(=O)C1C(c2ccc(F)cc2)n2ncnc2NC1(C)O. The van der Waals surface area contributed by atoms with Crippen LogP contribution in [0.15, 0.2) is 30.6 Å². The number of anilines is 1. The van der Waals surface area contributed by atoms with Gasteiger partial charge >= 0.3 is 0 Å². The fourth-order valence-electron chi connectivity index (χ4n) is 2.91. The molecule has 6 nitrogen and oxygen atoms in total. The molecule has 21 heavy (non-hydrogen) atoms. The van der Waals surface area contributed by atoms with Gasteiger partial charge in [0.15, 0.2) is 0 Å². The number of rotatable bonds is 2. The molecule has 0 radical (unpaired) electrons. The van der Waals surface area contributed by atoms with E-state index in [0.717, 1.165) is 0 Å². The first-order valence-corrected chi connectivity index (χ1v) is 6.56. The quantitative estimate of drug-likeness (QED) is 0.872. The second kappa shape index (κ2) is 4.63. The van der Waals surface area contributed by atoms with Gasteiger partial charge in [0.2, 0.25) is 5.95 Å². The molecule has 2 N–H and O–H groups in total. The van der Waals surface area contributed by atoms with Crippen molar-refractivity contribution in [1.29, 1.82) is 0 Å². The van der Waals surface area contributed by atoms with Gasteiger partial charge in [-0.15, -0.1) is 0 Å². The van der Waals surface area contributed by atoms with Gasteiger partial charge in [-0.25, -0.2) is 9.07 Å². The Morgan fingerprint density at radius 2 is 2.10 bits per heavy atom. The van der Waals surface area contributed by atoms with Crippen molar-refractivity contribution in [2.24, 2.45) is 5.92 Å². The van der Waals surface area contributed by atoms with Crippen LogP contribution in [0.2, 0.25) is 0 Å². The molecule has 0 fully saturated rings. The molecule has 0 aliphatic carbocycles. The number of hydrogen-bond acceptors (Lipinski definition) is 5. The summed E-state index contributed by atoms with van der Waals surface area (Å²) in [6, 6.07) is 5.27. The van der Waals surface area contributed by atoms with Crippen molar-refractivity contribution in [3.05, 3.63) is 42.0 Å². The number of carbonyl (C=O) groups is 1. The van der Waals surface area contributed by atoms with Gasteiger partial charge in [-0.2, -0.15) is 10.1 Å². The van der Waals surface area contributed by atoms with Crippen molar-refractivity contribution >= 4 is 11.7 Å². The Balaban J connectivity index is 2.18. The third kappa shape index (κ3) is 2.19. The molecule has 1 aliphatic heterocycles. The van der Waals surface area contributed by atoms with Gasteiger partial charge in [0, 0.05) is 0 Å². The summed E-state index contributed by atoms with van der Waals surface area (Å²) in [5, 5.41) is 17.5. The molecule has 0 saturated carbocycles. The van der Waals surface area contributed by atoms with Crippen molar-refractivity contribution in [1.82, 2.24) is 14.8 Å². The minimum atomic E-state index is -1.46. The molecule has 7 heteroatoms. The summed E-state index contributed by atoms with van der Waals surface area (Å²) in [7, 11) is 0. The maximum absolute atomic E-state index is 13.1. The maximum atomic E-state index is 13.1. The molecule has 0 amide bonds. The zero-order valence-electron chi connectivity index (χ0n) is 11.6. The number of carbonyl (C=O) groups excluding carboxylic acids is 1. The second-order valence-electron chi connectivity index (χ2n) is 5.39. The lowest BCUT2D eigenvalue weighted by Crippen LogP contribution is -2.54. The Bertz CT molecular complexity index is 681. The van der Waals surface area contributed by atoms with Gasteiger partial charge in [-0.3, -0.25) is 4.79 Å². The molecule has 1 aliphatic rings. The molecule has 3 unspecified atom stereocenters. The number of benzene rings is 1. The molecule has 110 valence electrons. The standard InChI is InChI=1S/C14H15FN4O2/c1-8(20)11-12(9-3-5-10(15)6-4-9)19-13(16-7-17-19)18-14(11,2)21/h3-7,11-12,21H,1-2H3,(H,16,17,18). The predicted octanol–water partition coefficient (Wildman–Crippen LogP) is 1.35. The summed E-state index contributed by atoms with van der Waals surface area (Å²) in [6.45, 7) is 2.94. The monoisotopic (exact) mass is 290 g/mol. The summed E-state index contributed by atoms with van der Waals surface area (Å²) in [5.41, 5.74) is -0.779. The van der Waals surface area contributed by atoms with Crippen LogP contribution in [0.4, 0.5) is 10.3 Å². The number of halogens is 1. The van der Waals surface area contributed by atoms with E-state index in [1.54, 1.807) is 12.1 Å². The van der Waals surface area contributed by atoms with Crippen molar-refractivity contribution in [3.8, 4) is 0 Å². The third-order valence-electron chi connectivity index (χ3n) is 3.77. The number of aromatic nitrogens is 3. The van der Waals surface area contributed by atoms with Gasteiger partial charge in [-0.05, 0) is 31.5 Å². The van der Waals surface area contributed by atoms with E-state index in [1.807, 2.05) is 0 Å². The molecule has 3 rings (SSSR count). The van der Waals surface area contributed by atoms with Gasteiger partial charge < -0.3 is 10.4 Å². The van der Waals surface area contributed by atoms with Crippen LogP contribution >= 0.6 is 0 Å². The minimum absolute atomic E-state index is 0.192. The lowest BCUT2D eigenvalue weighted by Gasteiger charge is -2.42. The Kier molecular flexibility index (Phi) is 3.02. The van der Waals surface area contributed by atoms with Crippen LogP contribution in [0.1, 0.15) is 25.5 Å². The maximum Gasteiger partial charge on any atom is 0.223 e. The van der Waals surface area contributed by atoms with Crippen LogP contribution in [0.25, 0.3) is 0 Å². The molecule has 2 aromatic rings. The minimum Gasteiger partial charge on any atom is -0.370 e. The first-order valence-electron chi connectivity index (χ1n) is 6.56. The number of Topliss-reactive ketones (excluding diaryl/α,β-unsaturated/α-hetero) is 1. The number of hydrogen-bond donors (Lipinski definition) is 2. The van der Waals surface area contributed by atoms with E-state index in [-0.39, 0.29) is 11.6 Å². The predicted molar refractivity (Wildman–Crippen MR) is 73.0 cm³/mol. The molecule has 1 aromatic carbocycles. The van der Waals surface area contributed by atoms with Gasteiger partial charge in [0.25, 0.3) is 0 Å². The lowest BCUT2D eigenvalue weighted by atomic mass is 9.81. The molecule has 0 spiro atoms. The number of ketones is 1. The van der Waals surface area contributed by atoms with E-state index in [4.69, 9.17) is 0 Å². The van der Waals surface area contributed by atoms with E-state index in [2.05, 4.69) is 15.4 Å². The second-order valence-corrected chi connectivity index (χ2v) is 5.39. The molecule has 3 atom stereocenters. The number of nitrogens with zero attached hydrogens (tertiary/aromatic N) is 3. The van der Waals surface area contributed by atoms with Crippen molar-refractivity contribution < 1.29 is 14.3 Å². The van der Waals surface area contributed by atoms with Gasteiger partial charge in [0.1, 0.15) is 23.7 Å². The third-order valence-corrected chi connectivity index (χ3v) is 3.77. The number of fused-ring (bicyclic) bond motifs is 1. The molecular weight excluding hydrogens is 275 g/mol. The molecule has 2 heterocycles. The van der Waals surface area contributed by atoms with Crippen LogP contribution < -0.4 is 5.32 Å². The van der Waals surface area contributed by atoms with Crippen molar-refractivity contribution in [2.45, 2.75) is 25.6 Å². The fourth-order valence-corrected chi connectivity index (χ4v) is 2.91. The van der Waals surface area contributed by atoms with E-state index in [0.29, 0.717) is 11.5 Å². The molecule has 0 saturated heterocycles. The summed E-state index contributed by atoms with van der Waals surface area (Å²) in [5.74, 6) is -0.954. The summed E-state index contributed by atoms with van der Waals surface area (Å²) < 4.78 is 14.7. The Labute approximate surface area is 120 Å². The number of nitrogens with one attached hydrogen (secondary N) is 1. The van der Waals surface area contributed by atoms with E-state index >= 15 is 0 Å². The zero-order chi connectivity index (χ0) is 15.2. The van der Waals surface area contributed by atoms with Gasteiger partial charge in [0.05, 0.1) is 12.0 Å². The van der Waals surface area contributed by atoms with Crippen LogP contribution in [0.5, 0.6) is 0 Å². The fraction of sp³-hybridized carbons (Fsp3) is 0.357. The highest BCUT2D eigenvalue weighted by atomic mass is 19.1. The van der Waals surface area contributed by atoms with Crippen LogP contribution in [-0.4, -0.2) is 31.4 Å². The molecule has 0 bridgehead atoms.